The maximum Gasteiger partial charge on any atom is 0.0784 e. The highest BCUT2D eigenvalue weighted by molar-refractivity contribution is 8.92. The van der Waals surface area contributed by atoms with Crippen molar-refractivity contribution in [1.29, 1.82) is 0 Å². The summed E-state index contributed by atoms with van der Waals surface area (Å²) in [5.41, 5.74) is 0. The third-order valence-electron chi connectivity index (χ3n) is 1.39. The summed E-state index contributed by atoms with van der Waals surface area (Å²) in [6.45, 7) is 1.82. The van der Waals surface area contributed by atoms with E-state index in [1.807, 2.05) is 0 Å². The molecule has 0 amide bonds. The van der Waals surface area contributed by atoms with E-state index in [2.05, 4.69) is 0 Å². The van der Waals surface area contributed by atoms with Gasteiger partial charge in [0.15, 0.2) is 0 Å². The summed E-state index contributed by atoms with van der Waals surface area (Å²) in [5, 5.41) is 17.8. The highest BCUT2D eigenvalue weighted by Gasteiger charge is 2.36. The molecule has 9 heavy (non-hydrogen) atoms. The Kier molecular flexibility index (Phi) is 2.70. The average molecular weight is 166 g/mol. The van der Waals surface area contributed by atoms with Gasteiger partial charge < -0.3 is 10.2 Å². The van der Waals surface area contributed by atoms with Crippen LogP contribution in [0, 0.1) is 5.92 Å². The van der Waals surface area contributed by atoms with Gasteiger partial charge in [0.2, 0.25) is 0 Å². The molecule has 1 fully saturated rings. The minimum Gasteiger partial charge on any atom is -0.396 e. The Bertz CT molecular complexity index is 91.0. The molecule has 1 rings (SSSR count). The summed E-state index contributed by atoms with van der Waals surface area (Å²) in [7, 11) is 3.45. The van der Waals surface area contributed by atoms with Crippen LogP contribution in [-0.4, -0.2) is 27.5 Å². The predicted octanol–water partition coefficient (Wildman–Crippen LogP) is 0.697. The van der Waals surface area contributed by atoms with Gasteiger partial charge in [-0.15, -0.1) is 0 Å². The van der Waals surface area contributed by atoms with Gasteiger partial charge in [0, 0.05) is 5.92 Å². The second kappa shape index (κ2) is 3.14. The first-order valence-corrected chi connectivity index (χ1v) is 5.14. The van der Waals surface area contributed by atoms with Gasteiger partial charge in [-0.1, -0.05) is 21.6 Å². The number of hydrogen-bond acceptors (Lipinski definition) is 4. The van der Waals surface area contributed by atoms with Gasteiger partial charge in [-0.2, -0.15) is 0 Å². The molecule has 0 aromatic rings. The number of aliphatic hydroxyl groups excluding tert-OH is 2. The van der Waals surface area contributed by atoms with Gasteiger partial charge in [0.1, 0.15) is 0 Å². The molecule has 0 radical (unpaired) electrons. The van der Waals surface area contributed by atoms with E-state index in [1.54, 1.807) is 28.5 Å². The molecule has 0 unspecified atom stereocenters. The Morgan fingerprint density at radius 2 is 2.11 bits per heavy atom. The van der Waals surface area contributed by atoms with Gasteiger partial charge in [0.05, 0.1) is 17.3 Å². The van der Waals surface area contributed by atoms with Crippen LogP contribution in [0.5, 0.6) is 0 Å². The SMILES string of the molecule is C[C@@H](O)[C@@H](CO)C1SS1. The highest BCUT2D eigenvalue weighted by Crippen LogP contribution is 2.57. The van der Waals surface area contributed by atoms with Crippen LogP contribution in [0.25, 0.3) is 0 Å². The molecule has 0 aliphatic carbocycles. The van der Waals surface area contributed by atoms with Crippen LogP contribution in [0.4, 0.5) is 0 Å². The molecule has 0 spiro atoms. The molecule has 1 aliphatic heterocycles. The third-order valence-corrected chi connectivity index (χ3v) is 3.75. The van der Waals surface area contributed by atoms with E-state index in [1.165, 1.54) is 0 Å². The van der Waals surface area contributed by atoms with Crippen LogP contribution in [0.1, 0.15) is 6.92 Å². The summed E-state index contributed by atoms with van der Waals surface area (Å²) in [5.74, 6) is 0.0694. The Hall–Kier alpha value is 0.620. The minimum atomic E-state index is -0.373. The van der Waals surface area contributed by atoms with Crippen LogP contribution in [-0.2, 0) is 0 Å². The Morgan fingerprint density at radius 3 is 2.22 bits per heavy atom. The molecule has 4 heteroatoms. The van der Waals surface area contributed by atoms with E-state index in [4.69, 9.17) is 10.2 Å². The summed E-state index contributed by atoms with van der Waals surface area (Å²) in [4.78, 5) is 0. The van der Waals surface area contributed by atoms with Crippen LogP contribution < -0.4 is 0 Å². The number of aliphatic hydroxyl groups is 2. The van der Waals surface area contributed by atoms with Crippen molar-refractivity contribution in [3.63, 3.8) is 0 Å². The van der Waals surface area contributed by atoms with Crippen LogP contribution >= 0.6 is 21.6 Å². The fraction of sp³-hybridized carbons (Fsp3) is 1.00. The molecular weight excluding hydrogens is 156 g/mol. The first kappa shape index (κ1) is 7.72. The molecule has 0 saturated carbocycles. The van der Waals surface area contributed by atoms with Crippen molar-refractivity contribution in [3.05, 3.63) is 0 Å². The van der Waals surface area contributed by atoms with Crippen molar-refractivity contribution in [2.75, 3.05) is 6.61 Å². The van der Waals surface area contributed by atoms with Gasteiger partial charge in [-0.25, -0.2) is 0 Å². The lowest BCUT2D eigenvalue weighted by Gasteiger charge is -2.13. The van der Waals surface area contributed by atoms with Crippen LogP contribution in [0.2, 0.25) is 0 Å². The van der Waals surface area contributed by atoms with Crippen molar-refractivity contribution in [2.45, 2.75) is 17.6 Å². The molecule has 2 atom stereocenters. The zero-order valence-corrected chi connectivity index (χ0v) is 6.78. The molecule has 1 aliphatic rings. The quantitative estimate of drug-likeness (QED) is 0.478. The summed E-state index contributed by atoms with van der Waals surface area (Å²) >= 11 is 0. The zero-order chi connectivity index (χ0) is 6.85. The summed E-state index contributed by atoms with van der Waals surface area (Å²) < 4.78 is 0.440. The van der Waals surface area contributed by atoms with E-state index >= 15 is 0 Å². The first-order chi connectivity index (χ1) is 4.25. The molecule has 1 heterocycles. The van der Waals surface area contributed by atoms with Crippen LogP contribution in [0.15, 0.2) is 0 Å². The first-order valence-electron chi connectivity index (χ1n) is 2.86. The van der Waals surface area contributed by atoms with E-state index in [-0.39, 0.29) is 18.6 Å². The molecule has 54 valence electrons. The molecule has 1 saturated heterocycles. The predicted molar refractivity (Wildman–Crippen MR) is 41.2 cm³/mol. The Morgan fingerprint density at radius 1 is 1.56 bits per heavy atom. The average Bonchev–Trinajstić information content (AvgIpc) is 2.50. The van der Waals surface area contributed by atoms with Gasteiger partial charge in [-0.05, 0) is 6.92 Å². The molecule has 0 bridgehead atoms. The molecular formula is C5H10O2S2. The third kappa shape index (κ3) is 2.04. The number of rotatable bonds is 3. The van der Waals surface area contributed by atoms with Gasteiger partial charge in [-0.3, -0.25) is 0 Å². The second-order valence-corrected chi connectivity index (χ2v) is 5.00. The number of hydrogen-bond donors (Lipinski definition) is 2. The zero-order valence-electron chi connectivity index (χ0n) is 5.15. The van der Waals surface area contributed by atoms with Crippen LogP contribution in [0.3, 0.4) is 0 Å². The van der Waals surface area contributed by atoms with Crippen molar-refractivity contribution in [3.8, 4) is 0 Å². The molecule has 0 aromatic heterocycles. The van der Waals surface area contributed by atoms with Crippen molar-refractivity contribution < 1.29 is 10.2 Å². The Labute approximate surface area is 62.4 Å². The van der Waals surface area contributed by atoms with E-state index in [0.29, 0.717) is 4.58 Å². The maximum absolute atomic E-state index is 9.04. The lowest BCUT2D eigenvalue weighted by Crippen LogP contribution is -2.23. The van der Waals surface area contributed by atoms with E-state index in [9.17, 15) is 0 Å². The summed E-state index contributed by atoms with van der Waals surface area (Å²) in [6.07, 6.45) is -0.373. The fourth-order valence-corrected chi connectivity index (χ4v) is 2.67. The molecule has 2 nitrogen and oxygen atoms in total. The smallest absolute Gasteiger partial charge is 0.0784 e. The van der Waals surface area contributed by atoms with Crippen molar-refractivity contribution >= 4 is 21.6 Å². The lowest BCUT2D eigenvalue weighted by atomic mass is 10.1. The minimum absolute atomic E-state index is 0.0694. The van der Waals surface area contributed by atoms with E-state index < -0.39 is 0 Å². The molecule has 2 N–H and O–H groups in total. The van der Waals surface area contributed by atoms with E-state index in [0.717, 1.165) is 0 Å². The lowest BCUT2D eigenvalue weighted by molar-refractivity contribution is 0.0912. The highest BCUT2D eigenvalue weighted by atomic mass is 33.2. The standard InChI is InChI=1S/C5H10O2S2/c1-3(7)4(2-6)5-8-9-5/h3-7H,2H2,1H3/t3-,4-/m1/s1. The normalized spacial score (nSPS) is 25.7. The monoisotopic (exact) mass is 166 g/mol. The largest absolute Gasteiger partial charge is 0.396 e. The molecule has 0 aromatic carbocycles. The van der Waals surface area contributed by atoms with Gasteiger partial charge in [0.25, 0.3) is 0 Å². The summed E-state index contributed by atoms with van der Waals surface area (Å²) in [6, 6.07) is 0. The van der Waals surface area contributed by atoms with Crippen molar-refractivity contribution in [1.82, 2.24) is 0 Å². The second-order valence-electron chi connectivity index (χ2n) is 2.15. The van der Waals surface area contributed by atoms with Crippen molar-refractivity contribution in [2.24, 2.45) is 5.92 Å². The topological polar surface area (TPSA) is 40.5 Å². The maximum atomic E-state index is 9.04. The Balaban J connectivity index is 2.28. The van der Waals surface area contributed by atoms with Gasteiger partial charge >= 0.3 is 0 Å². The fourth-order valence-electron chi connectivity index (χ4n) is 0.641.